The second-order valence-corrected chi connectivity index (χ2v) is 11.0. The number of rotatable bonds is 10. The number of aliphatic carboxylic acids is 1. The summed E-state index contributed by atoms with van der Waals surface area (Å²) in [7, 11) is 0. The maximum Gasteiger partial charge on any atom is 0.304 e. The molecule has 0 saturated carbocycles. The van der Waals surface area contributed by atoms with Gasteiger partial charge in [-0.05, 0) is 69.3 Å². The van der Waals surface area contributed by atoms with Crippen LogP contribution >= 0.6 is 11.6 Å². The highest BCUT2D eigenvalue weighted by molar-refractivity contribution is 6.31. The van der Waals surface area contributed by atoms with E-state index in [9.17, 15) is 23.6 Å². The monoisotopic (exact) mass is 635 g/mol. The number of carboxylic acid groups (broad SMARTS) is 1. The first-order valence-corrected chi connectivity index (χ1v) is 13.8. The van der Waals surface area contributed by atoms with Crippen molar-refractivity contribution in [2.75, 3.05) is 11.9 Å². The Balaban J connectivity index is 1.71. The standard InChI is InChI=1S/C33H28ClF2N3O6/c1-18(11-29(41)42)32(44)39-33(3,4)10-9-21-5-7-26(19(2)30(21)36)38-28(40)17-45-27-8-6-23(34)15-25(27)31(43)22-12-20(16-37)13-24(35)14-22/h5-8,12-15,18H,11,17H2,1-4H3,(H,38,40)(H,39,44)(H,41,42)/t18-/m1/s1. The van der Waals surface area contributed by atoms with Crippen molar-refractivity contribution in [2.45, 2.75) is 39.7 Å². The molecule has 232 valence electrons. The van der Waals surface area contributed by atoms with Crippen molar-refractivity contribution in [3.8, 4) is 23.7 Å². The summed E-state index contributed by atoms with van der Waals surface area (Å²) in [5, 5.41) is 23.3. The highest BCUT2D eigenvalue weighted by Crippen LogP contribution is 2.27. The molecule has 45 heavy (non-hydrogen) atoms. The van der Waals surface area contributed by atoms with E-state index in [1.54, 1.807) is 19.9 Å². The molecular weight excluding hydrogens is 608 g/mol. The predicted octanol–water partition coefficient (Wildman–Crippen LogP) is 5.40. The number of carboxylic acids is 1. The minimum atomic E-state index is -1.11. The molecule has 9 nitrogen and oxygen atoms in total. The van der Waals surface area contributed by atoms with Gasteiger partial charge in [-0.25, -0.2) is 8.78 Å². The molecule has 0 heterocycles. The van der Waals surface area contributed by atoms with Gasteiger partial charge in [0.1, 0.15) is 17.4 Å². The first-order valence-electron chi connectivity index (χ1n) is 13.4. The van der Waals surface area contributed by atoms with Gasteiger partial charge in [-0.3, -0.25) is 19.2 Å². The molecule has 0 aliphatic rings. The Morgan fingerprint density at radius 2 is 1.80 bits per heavy atom. The van der Waals surface area contributed by atoms with Gasteiger partial charge >= 0.3 is 5.97 Å². The maximum absolute atomic E-state index is 15.2. The lowest BCUT2D eigenvalue weighted by molar-refractivity contribution is -0.141. The van der Waals surface area contributed by atoms with E-state index < -0.39 is 53.3 Å². The van der Waals surface area contributed by atoms with Gasteiger partial charge in [-0.1, -0.05) is 30.4 Å². The van der Waals surface area contributed by atoms with Crippen LogP contribution in [0, 0.1) is 47.6 Å². The number of hydrogen-bond acceptors (Lipinski definition) is 6. The molecule has 0 fully saturated rings. The summed E-state index contributed by atoms with van der Waals surface area (Å²) in [6.45, 7) is 5.51. The zero-order chi connectivity index (χ0) is 33.5. The van der Waals surface area contributed by atoms with Crippen LogP contribution in [0.1, 0.15) is 59.8 Å². The fraction of sp³-hybridized carbons (Fsp3) is 0.242. The van der Waals surface area contributed by atoms with Crippen molar-refractivity contribution in [3.63, 3.8) is 0 Å². The van der Waals surface area contributed by atoms with Crippen molar-refractivity contribution in [1.29, 1.82) is 5.26 Å². The summed E-state index contributed by atoms with van der Waals surface area (Å²) in [5.74, 6) is 0.164. The van der Waals surface area contributed by atoms with Crippen LogP contribution in [0.25, 0.3) is 0 Å². The molecule has 3 aromatic rings. The molecule has 3 aromatic carbocycles. The smallest absolute Gasteiger partial charge is 0.304 e. The molecule has 0 saturated heterocycles. The SMILES string of the molecule is Cc1c(NC(=O)COc2ccc(Cl)cc2C(=O)c2cc(F)cc(C#N)c2)ccc(C#CC(C)(C)NC(=O)[C@H](C)CC(=O)O)c1F. The van der Waals surface area contributed by atoms with Crippen LogP contribution in [0.2, 0.25) is 5.02 Å². The molecule has 0 spiro atoms. The number of ether oxygens (including phenoxy) is 1. The van der Waals surface area contributed by atoms with Crippen molar-refractivity contribution in [1.82, 2.24) is 5.32 Å². The molecular formula is C33H28ClF2N3O6. The number of nitrogens with zero attached hydrogens (tertiary/aromatic N) is 1. The molecule has 0 aromatic heterocycles. The van der Waals surface area contributed by atoms with Crippen molar-refractivity contribution in [3.05, 3.63) is 93.0 Å². The van der Waals surface area contributed by atoms with Gasteiger partial charge in [-0.15, -0.1) is 0 Å². The Kier molecular flexibility index (Phi) is 11.0. The highest BCUT2D eigenvalue weighted by Gasteiger charge is 2.24. The first-order chi connectivity index (χ1) is 21.1. The van der Waals surface area contributed by atoms with Crippen LogP contribution < -0.4 is 15.4 Å². The number of nitrogens with one attached hydrogen (secondary N) is 2. The van der Waals surface area contributed by atoms with Gasteiger partial charge in [-0.2, -0.15) is 5.26 Å². The molecule has 0 aliphatic heterocycles. The van der Waals surface area contributed by atoms with Gasteiger partial charge in [0.25, 0.3) is 5.91 Å². The lowest BCUT2D eigenvalue weighted by Gasteiger charge is -2.22. The summed E-state index contributed by atoms with van der Waals surface area (Å²) in [6.07, 6.45) is -0.348. The van der Waals surface area contributed by atoms with Crippen LogP contribution in [0.3, 0.4) is 0 Å². The first kappa shape index (κ1) is 34.2. The number of hydrogen-bond donors (Lipinski definition) is 3. The molecule has 0 bridgehead atoms. The van der Waals surface area contributed by atoms with E-state index in [2.05, 4.69) is 22.5 Å². The third-order valence-electron chi connectivity index (χ3n) is 6.37. The molecule has 1 atom stereocenters. The van der Waals surface area contributed by atoms with Crippen LogP contribution in [0.5, 0.6) is 5.75 Å². The molecule has 3 N–H and O–H groups in total. The number of anilines is 1. The summed E-state index contributed by atoms with van der Waals surface area (Å²) in [4.78, 5) is 49.0. The second kappa shape index (κ2) is 14.5. The molecule has 3 rings (SSSR count). The highest BCUT2D eigenvalue weighted by atomic mass is 35.5. The van der Waals surface area contributed by atoms with Gasteiger partial charge in [0.2, 0.25) is 5.91 Å². The van der Waals surface area contributed by atoms with E-state index in [4.69, 9.17) is 26.7 Å². The van der Waals surface area contributed by atoms with E-state index in [1.165, 1.54) is 50.2 Å². The van der Waals surface area contributed by atoms with Crippen LogP contribution in [0.15, 0.2) is 48.5 Å². The Bertz CT molecular complexity index is 1790. The van der Waals surface area contributed by atoms with Gasteiger partial charge < -0.3 is 20.5 Å². The fourth-order valence-corrected chi connectivity index (χ4v) is 4.21. The van der Waals surface area contributed by atoms with Gasteiger partial charge in [0, 0.05) is 27.8 Å². The number of carbonyl (C=O) groups is 4. The molecule has 0 aliphatic carbocycles. The largest absolute Gasteiger partial charge is 0.483 e. The predicted molar refractivity (Wildman–Crippen MR) is 162 cm³/mol. The number of amides is 2. The van der Waals surface area contributed by atoms with Crippen LogP contribution in [-0.4, -0.2) is 40.8 Å². The third kappa shape index (κ3) is 9.36. The Morgan fingerprint density at radius 3 is 2.47 bits per heavy atom. The molecule has 2 amide bonds. The Hall–Kier alpha value is -5.26. The minimum absolute atomic E-state index is 0.00359. The molecule has 0 radical (unpaired) electrons. The molecule has 0 unspecified atom stereocenters. The summed E-state index contributed by atoms with van der Waals surface area (Å²) in [6, 6.07) is 11.8. The van der Waals surface area contributed by atoms with E-state index in [-0.39, 0.29) is 50.7 Å². The van der Waals surface area contributed by atoms with E-state index in [0.717, 1.165) is 12.1 Å². The van der Waals surface area contributed by atoms with Crippen molar-refractivity contribution < 1.29 is 37.8 Å². The van der Waals surface area contributed by atoms with Gasteiger partial charge in [0.05, 0.1) is 34.7 Å². The van der Waals surface area contributed by atoms with E-state index >= 15 is 4.39 Å². The summed E-state index contributed by atoms with van der Waals surface area (Å²) < 4.78 is 34.7. The number of halogens is 3. The quantitative estimate of drug-likeness (QED) is 0.200. The number of ketones is 1. The number of carbonyl (C=O) groups excluding carboxylic acids is 3. The van der Waals surface area contributed by atoms with Crippen molar-refractivity contribution in [2.24, 2.45) is 5.92 Å². The lowest BCUT2D eigenvalue weighted by Crippen LogP contribution is -2.45. The number of nitriles is 1. The zero-order valence-corrected chi connectivity index (χ0v) is 25.4. The summed E-state index contributed by atoms with van der Waals surface area (Å²) >= 11 is 6.05. The average Bonchev–Trinajstić information content (AvgIpc) is 2.97. The number of benzene rings is 3. The van der Waals surface area contributed by atoms with Gasteiger partial charge in [0.15, 0.2) is 12.4 Å². The van der Waals surface area contributed by atoms with Crippen LogP contribution in [0.4, 0.5) is 14.5 Å². The third-order valence-corrected chi connectivity index (χ3v) is 6.60. The Labute approximate surface area is 263 Å². The van der Waals surface area contributed by atoms with E-state index in [0.29, 0.717) is 0 Å². The van der Waals surface area contributed by atoms with E-state index in [1.807, 2.05) is 0 Å². The average molecular weight is 636 g/mol. The lowest BCUT2D eigenvalue weighted by atomic mass is 10.0. The minimum Gasteiger partial charge on any atom is -0.483 e. The normalized spacial score (nSPS) is 11.3. The second-order valence-electron chi connectivity index (χ2n) is 10.6. The summed E-state index contributed by atoms with van der Waals surface area (Å²) in [5.41, 5.74) is -1.11. The fourth-order valence-electron chi connectivity index (χ4n) is 4.03. The Morgan fingerprint density at radius 1 is 1.09 bits per heavy atom. The van der Waals surface area contributed by atoms with Crippen molar-refractivity contribution >= 4 is 40.9 Å². The zero-order valence-electron chi connectivity index (χ0n) is 24.7. The maximum atomic E-state index is 15.2. The topological polar surface area (TPSA) is 146 Å². The van der Waals surface area contributed by atoms with Crippen LogP contribution in [-0.2, 0) is 14.4 Å². The molecule has 12 heteroatoms.